The molecule has 5 rings (SSSR count). The Morgan fingerprint density at radius 2 is 1.74 bits per heavy atom. The van der Waals surface area contributed by atoms with Crippen molar-refractivity contribution in [3.63, 3.8) is 0 Å². The maximum Gasteiger partial charge on any atom is 0.228 e. The lowest BCUT2D eigenvalue weighted by Gasteiger charge is -2.12. The van der Waals surface area contributed by atoms with Crippen molar-refractivity contribution in [2.24, 2.45) is 0 Å². The first-order chi connectivity index (χ1) is 16.7. The molecule has 3 heterocycles. The number of rotatable bonds is 8. The largest absolute Gasteiger partial charge is 0.493 e. The average molecular weight is 453 g/mol. The SMILES string of the molecule is COc1ccc(NC(=O)Cc2ccc(-n3cccc3)cc2)cc1OCc1cn2ccccc2n1. The van der Waals surface area contributed by atoms with E-state index in [0.717, 1.165) is 22.6 Å². The van der Waals surface area contributed by atoms with Gasteiger partial charge in [-0.05, 0) is 54.1 Å². The van der Waals surface area contributed by atoms with Crippen molar-refractivity contribution >= 4 is 17.2 Å². The number of pyridine rings is 1. The van der Waals surface area contributed by atoms with Crippen molar-refractivity contribution in [2.45, 2.75) is 13.0 Å². The van der Waals surface area contributed by atoms with Crippen LogP contribution in [0.3, 0.4) is 0 Å². The summed E-state index contributed by atoms with van der Waals surface area (Å²) in [7, 11) is 1.59. The maximum atomic E-state index is 12.6. The minimum absolute atomic E-state index is 0.106. The van der Waals surface area contributed by atoms with E-state index in [-0.39, 0.29) is 18.9 Å². The Bertz CT molecular complexity index is 1370. The van der Waals surface area contributed by atoms with E-state index in [0.29, 0.717) is 17.2 Å². The third kappa shape index (κ3) is 4.78. The Hall–Kier alpha value is -4.52. The summed E-state index contributed by atoms with van der Waals surface area (Å²) in [6.07, 6.45) is 8.11. The highest BCUT2D eigenvalue weighted by molar-refractivity contribution is 5.92. The predicted molar refractivity (Wildman–Crippen MR) is 131 cm³/mol. The number of amides is 1. The van der Waals surface area contributed by atoms with Crippen LogP contribution in [0.2, 0.25) is 0 Å². The Morgan fingerprint density at radius 1 is 0.941 bits per heavy atom. The second-order valence-electron chi connectivity index (χ2n) is 7.83. The van der Waals surface area contributed by atoms with Crippen molar-refractivity contribution in [1.82, 2.24) is 14.0 Å². The number of methoxy groups -OCH3 is 1. The molecule has 2 aromatic carbocycles. The number of carbonyl (C=O) groups excluding carboxylic acids is 1. The molecule has 0 aliphatic carbocycles. The minimum atomic E-state index is -0.106. The smallest absolute Gasteiger partial charge is 0.228 e. The van der Waals surface area contributed by atoms with Gasteiger partial charge < -0.3 is 23.8 Å². The van der Waals surface area contributed by atoms with Crippen LogP contribution in [-0.4, -0.2) is 27.0 Å². The van der Waals surface area contributed by atoms with Gasteiger partial charge in [-0.1, -0.05) is 18.2 Å². The number of benzene rings is 2. The Balaban J connectivity index is 1.23. The molecule has 7 heteroatoms. The Kier molecular flexibility index (Phi) is 5.99. The number of anilines is 1. The molecule has 0 bridgehead atoms. The molecule has 0 spiro atoms. The van der Waals surface area contributed by atoms with Crippen LogP contribution < -0.4 is 14.8 Å². The summed E-state index contributed by atoms with van der Waals surface area (Å²) in [6, 6.07) is 23.1. The second-order valence-corrected chi connectivity index (χ2v) is 7.83. The van der Waals surface area contributed by atoms with Gasteiger partial charge in [0.1, 0.15) is 12.3 Å². The number of fused-ring (bicyclic) bond motifs is 1. The molecule has 0 unspecified atom stereocenters. The summed E-state index contributed by atoms with van der Waals surface area (Å²) in [5.41, 5.74) is 4.28. The predicted octanol–water partition coefficient (Wildman–Crippen LogP) is 4.89. The summed E-state index contributed by atoms with van der Waals surface area (Å²) in [5, 5.41) is 2.94. The first-order valence-electron chi connectivity index (χ1n) is 10.9. The summed E-state index contributed by atoms with van der Waals surface area (Å²) < 4.78 is 15.4. The van der Waals surface area contributed by atoms with E-state index in [4.69, 9.17) is 9.47 Å². The number of hydrogen-bond donors (Lipinski definition) is 1. The zero-order valence-electron chi connectivity index (χ0n) is 18.7. The molecule has 0 saturated heterocycles. The average Bonchev–Trinajstić information content (AvgIpc) is 3.53. The number of aromatic nitrogens is 3. The molecular weight excluding hydrogens is 428 g/mol. The lowest BCUT2D eigenvalue weighted by molar-refractivity contribution is -0.115. The Labute approximate surface area is 197 Å². The highest BCUT2D eigenvalue weighted by Crippen LogP contribution is 2.31. The number of nitrogens with one attached hydrogen (secondary N) is 1. The molecule has 0 fully saturated rings. The van der Waals surface area contributed by atoms with Gasteiger partial charge in [-0.2, -0.15) is 0 Å². The minimum Gasteiger partial charge on any atom is -0.493 e. The van der Waals surface area contributed by atoms with E-state index < -0.39 is 0 Å². The lowest BCUT2D eigenvalue weighted by Crippen LogP contribution is -2.14. The van der Waals surface area contributed by atoms with Gasteiger partial charge in [0, 0.05) is 42.2 Å². The van der Waals surface area contributed by atoms with E-state index in [1.165, 1.54) is 0 Å². The van der Waals surface area contributed by atoms with Crippen LogP contribution in [0, 0.1) is 0 Å². The first-order valence-corrected chi connectivity index (χ1v) is 10.9. The molecule has 0 radical (unpaired) electrons. The lowest BCUT2D eigenvalue weighted by atomic mass is 10.1. The molecular formula is C27H24N4O3. The monoisotopic (exact) mass is 452 g/mol. The summed E-state index contributed by atoms with van der Waals surface area (Å²) >= 11 is 0. The standard InChI is InChI=1S/C27H24N4O3/c1-33-24-12-9-21(17-25(24)34-19-22-18-31-15-3-2-6-26(31)28-22)29-27(32)16-20-7-10-23(11-8-20)30-13-4-5-14-30/h2-15,17-18H,16,19H2,1H3,(H,29,32). The van der Waals surface area contributed by atoms with Crippen LogP contribution in [-0.2, 0) is 17.8 Å². The fourth-order valence-electron chi connectivity index (χ4n) is 3.76. The van der Waals surface area contributed by atoms with Crippen molar-refractivity contribution in [3.8, 4) is 17.2 Å². The number of carbonyl (C=O) groups is 1. The van der Waals surface area contributed by atoms with Gasteiger partial charge in [0.2, 0.25) is 5.91 Å². The van der Waals surface area contributed by atoms with Crippen molar-refractivity contribution in [1.29, 1.82) is 0 Å². The fourth-order valence-corrected chi connectivity index (χ4v) is 3.76. The van der Waals surface area contributed by atoms with Gasteiger partial charge >= 0.3 is 0 Å². The number of ether oxygens (including phenoxy) is 2. The summed E-state index contributed by atoms with van der Waals surface area (Å²) in [6.45, 7) is 0.281. The van der Waals surface area contributed by atoms with Gasteiger partial charge in [-0.3, -0.25) is 4.79 Å². The van der Waals surface area contributed by atoms with Crippen LogP contribution in [0.15, 0.2) is 97.6 Å². The molecule has 34 heavy (non-hydrogen) atoms. The van der Waals surface area contributed by atoms with Gasteiger partial charge in [0.25, 0.3) is 0 Å². The highest BCUT2D eigenvalue weighted by Gasteiger charge is 2.11. The van der Waals surface area contributed by atoms with Crippen LogP contribution >= 0.6 is 0 Å². The van der Waals surface area contributed by atoms with Gasteiger partial charge in [-0.25, -0.2) is 4.98 Å². The third-order valence-electron chi connectivity index (χ3n) is 5.44. The number of nitrogens with zero attached hydrogens (tertiary/aromatic N) is 3. The fraction of sp³-hybridized carbons (Fsp3) is 0.111. The van der Waals surface area contributed by atoms with Crippen LogP contribution in [0.4, 0.5) is 5.69 Å². The van der Waals surface area contributed by atoms with Crippen LogP contribution in [0.25, 0.3) is 11.3 Å². The highest BCUT2D eigenvalue weighted by atomic mass is 16.5. The van der Waals surface area contributed by atoms with E-state index in [9.17, 15) is 4.79 Å². The molecule has 0 atom stereocenters. The molecule has 1 amide bonds. The second kappa shape index (κ2) is 9.54. The summed E-state index contributed by atoms with van der Waals surface area (Å²) in [4.78, 5) is 17.2. The molecule has 1 N–H and O–H groups in total. The van der Waals surface area contributed by atoms with E-state index >= 15 is 0 Å². The molecule has 3 aromatic heterocycles. The van der Waals surface area contributed by atoms with Crippen molar-refractivity contribution in [2.75, 3.05) is 12.4 Å². The maximum absolute atomic E-state index is 12.6. The number of imidazole rings is 1. The van der Waals surface area contributed by atoms with E-state index in [1.807, 2.05) is 88.4 Å². The molecule has 7 nitrogen and oxygen atoms in total. The zero-order chi connectivity index (χ0) is 23.3. The molecule has 5 aromatic rings. The quantitative estimate of drug-likeness (QED) is 0.364. The molecule has 170 valence electrons. The van der Waals surface area contributed by atoms with E-state index in [2.05, 4.69) is 10.3 Å². The van der Waals surface area contributed by atoms with E-state index in [1.54, 1.807) is 25.3 Å². The number of hydrogen-bond acceptors (Lipinski definition) is 4. The third-order valence-corrected chi connectivity index (χ3v) is 5.44. The molecule has 0 saturated carbocycles. The normalized spacial score (nSPS) is 10.9. The van der Waals surface area contributed by atoms with Gasteiger partial charge in [-0.15, -0.1) is 0 Å². The van der Waals surface area contributed by atoms with Crippen LogP contribution in [0.5, 0.6) is 11.5 Å². The van der Waals surface area contributed by atoms with Gasteiger partial charge in [0.15, 0.2) is 11.5 Å². The van der Waals surface area contributed by atoms with Crippen LogP contribution in [0.1, 0.15) is 11.3 Å². The van der Waals surface area contributed by atoms with Crippen molar-refractivity contribution < 1.29 is 14.3 Å². The first kappa shape index (κ1) is 21.3. The Morgan fingerprint density at radius 3 is 2.50 bits per heavy atom. The van der Waals surface area contributed by atoms with Gasteiger partial charge in [0.05, 0.1) is 19.2 Å². The molecule has 0 aliphatic rings. The topological polar surface area (TPSA) is 69.8 Å². The summed E-state index contributed by atoms with van der Waals surface area (Å²) in [5.74, 6) is 1.01. The zero-order valence-corrected chi connectivity index (χ0v) is 18.7. The van der Waals surface area contributed by atoms with Crippen molar-refractivity contribution in [3.05, 3.63) is 109 Å². The molecule has 0 aliphatic heterocycles.